The Morgan fingerprint density at radius 3 is 1.66 bits per heavy atom. The summed E-state index contributed by atoms with van der Waals surface area (Å²) < 4.78 is 9.68. The van der Waals surface area contributed by atoms with E-state index in [9.17, 15) is 9.59 Å². The van der Waals surface area contributed by atoms with Crippen molar-refractivity contribution >= 4 is 17.6 Å². The van der Waals surface area contributed by atoms with Gasteiger partial charge in [-0.25, -0.2) is 9.59 Å². The zero-order valence-electron chi connectivity index (χ0n) is 16.5. The number of methoxy groups -OCH3 is 2. The van der Waals surface area contributed by atoms with Crippen molar-refractivity contribution < 1.29 is 19.1 Å². The summed E-state index contributed by atoms with van der Waals surface area (Å²) >= 11 is 0. The zero-order chi connectivity index (χ0) is 20.6. The molecule has 0 radical (unpaired) electrons. The second kappa shape index (κ2) is 9.55. The maximum Gasteiger partial charge on any atom is 0.338 e. The van der Waals surface area contributed by atoms with Gasteiger partial charge in [-0.15, -0.1) is 0 Å². The van der Waals surface area contributed by atoms with Crippen molar-refractivity contribution in [3.05, 3.63) is 101 Å². The van der Waals surface area contributed by atoms with Crippen molar-refractivity contribution in [3.63, 3.8) is 0 Å². The van der Waals surface area contributed by atoms with Crippen LogP contribution in [-0.4, -0.2) is 26.2 Å². The summed E-state index contributed by atoms with van der Waals surface area (Å²) in [7, 11) is 2.58. The number of benzene rings is 3. The Morgan fingerprint density at radius 2 is 1.17 bits per heavy atom. The number of rotatable bonds is 7. The van der Waals surface area contributed by atoms with Gasteiger partial charge in [-0.05, 0) is 29.3 Å². The van der Waals surface area contributed by atoms with Gasteiger partial charge in [0.25, 0.3) is 0 Å². The van der Waals surface area contributed by atoms with E-state index in [1.54, 1.807) is 12.1 Å². The van der Waals surface area contributed by atoms with E-state index in [0.29, 0.717) is 13.1 Å². The minimum absolute atomic E-state index is 0.183. The van der Waals surface area contributed by atoms with Crippen LogP contribution in [0.1, 0.15) is 31.8 Å². The van der Waals surface area contributed by atoms with Gasteiger partial charge >= 0.3 is 11.9 Å². The minimum Gasteiger partial charge on any atom is -0.465 e. The van der Waals surface area contributed by atoms with Crippen molar-refractivity contribution in [2.75, 3.05) is 19.1 Å². The fourth-order valence-corrected chi connectivity index (χ4v) is 3.14. The number of hydrogen-bond acceptors (Lipinski definition) is 5. The lowest BCUT2D eigenvalue weighted by Gasteiger charge is -2.26. The summed E-state index contributed by atoms with van der Waals surface area (Å²) in [4.78, 5) is 26.5. The maximum absolute atomic E-state index is 12.3. The predicted octanol–water partition coefficient (Wildman–Crippen LogP) is 4.47. The van der Waals surface area contributed by atoms with Gasteiger partial charge in [0.15, 0.2) is 0 Å². The van der Waals surface area contributed by atoms with Crippen molar-refractivity contribution in [1.29, 1.82) is 0 Å². The topological polar surface area (TPSA) is 55.8 Å². The number of hydrogen-bond donors (Lipinski definition) is 0. The fourth-order valence-electron chi connectivity index (χ4n) is 3.14. The first-order chi connectivity index (χ1) is 14.1. The van der Waals surface area contributed by atoms with Crippen molar-refractivity contribution in [1.82, 2.24) is 0 Å². The Kier molecular flexibility index (Phi) is 6.63. The van der Waals surface area contributed by atoms with Crippen LogP contribution >= 0.6 is 0 Å². The molecular formula is C24H23NO4. The van der Waals surface area contributed by atoms with E-state index in [4.69, 9.17) is 9.47 Å². The van der Waals surface area contributed by atoms with Crippen LogP contribution in [0.4, 0.5) is 5.69 Å². The van der Waals surface area contributed by atoms with Gasteiger partial charge in [-0.3, -0.25) is 0 Å². The Hall–Kier alpha value is -3.60. The molecule has 0 aliphatic heterocycles. The third-order valence-corrected chi connectivity index (χ3v) is 4.61. The first-order valence-corrected chi connectivity index (χ1v) is 9.26. The molecule has 0 heterocycles. The molecule has 0 fully saturated rings. The lowest BCUT2D eigenvalue weighted by Crippen LogP contribution is -2.23. The number of anilines is 1. The van der Waals surface area contributed by atoms with Crippen LogP contribution < -0.4 is 4.90 Å². The standard InChI is InChI=1S/C24H23NO4/c1-28-23(26)21-14-13-20(15-22(21)24(27)29-2)25(16-18-9-5-3-6-10-18)17-19-11-7-4-8-12-19/h3-15H,16-17H2,1-2H3. The van der Waals surface area contributed by atoms with Gasteiger partial charge < -0.3 is 14.4 Å². The van der Waals surface area contributed by atoms with E-state index in [1.807, 2.05) is 42.5 Å². The van der Waals surface area contributed by atoms with E-state index in [1.165, 1.54) is 14.2 Å². The summed E-state index contributed by atoms with van der Waals surface area (Å²) in [6.07, 6.45) is 0. The summed E-state index contributed by atoms with van der Waals surface area (Å²) in [5.41, 5.74) is 3.45. The quantitative estimate of drug-likeness (QED) is 0.558. The van der Waals surface area contributed by atoms with E-state index in [0.717, 1.165) is 16.8 Å². The number of carbonyl (C=O) groups excluding carboxylic acids is 2. The number of carbonyl (C=O) groups is 2. The van der Waals surface area contributed by atoms with E-state index >= 15 is 0 Å². The molecule has 3 aromatic carbocycles. The van der Waals surface area contributed by atoms with Gasteiger partial charge in [0.05, 0.1) is 25.3 Å². The highest BCUT2D eigenvalue weighted by molar-refractivity contribution is 6.03. The number of ether oxygens (including phenoxy) is 2. The molecule has 0 aromatic heterocycles. The Morgan fingerprint density at radius 1 is 0.690 bits per heavy atom. The minimum atomic E-state index is -0.577. The lowest BCUT2D eigenvalue weighted by atomic mass is 10.0. The molecule has 0 spiro atoms. The highest BCUT2D eigenvalue weighted by atomic mass is 16.5. The van der Waals surface area contributed by atoms with Crippen molar-refractivity contribution in [3.8, 4) is 0 Å². The maximum atomic E-state index is 12.3. The molecule has 0 aliphatic rings. The van der Waals surface area contributed by atoms with Gasteiger partial charge in [-0.1, -0.05) is 60.7 Å². The average Bonchev–Trinajstić information content (AvgIpc) is 2.78. The van der Waals surface area contributed by atoms with Gasteiger partial charge in [0.1, 0.15) is 0 Å². The van der Waals surface area contributed by atoms with E-state index in [2.05, 4.69) is 29.2 Å². The number of esters is 2. The zero-order valence-corrected chi connectivity index (χ0v) is 16.5. The molecule has 0 saturated carbocycles. The highest BCUT2D eigenvalue weighted by Gasteiger charge is 2.20. The molecule has 5 nitrogen and oxygen atoms in total. The summed E-state index contributed by atoms with van der Waals surface area (Å²) in [5, 5.41) is 0. The first-order valence-electron chi connectivity index (χ1n) is 9.26. The molecule has 3 aromatic rings. The second-order valence-electron chi connectivity index (χ2n) is 6.54. The smallest absolute Gasteiger partial charge is 0.338 e. The van der Waals surface area contributed by atoms with Crippen LogP contribution in [-0.2, 0) is 22.6 Å². The van der Waals surface area contributed by atoms with Crippen LogP contribution in [0.15, 0.2) is 78.9 Å². The first kappa shape index (κ1) is 20.1. The lowest BCUT2D eigenvalue weighted by molar-refractivity contribution is 0.0555. The average molecular weight is 389 g/mol. The largest absolute Gasteiger partial charge is 0.465 e. The van der Waals surface area contributed by atoms with Gasteiger partial charge in [0.2, 0.25) is 0 Å². The molecule has 0 N–H and O–H groups in total. The Balaban J connectivity index is 2.01. The fraction of sp³-hybridized carbons (Fsp3) is 0.167. The summed E-state index contributed by atoms with van der Waals surface area (Å²) in [6.45, 7) is 1.29. The van der Waals surface area contributed by atoms with Crippen molar-refractivity contribution in [2.24, 2.45) is 0 Å². The van der Waals surface area contributed by atoms with Crippen LogP contribution in [0.5, 0.6) is 0 Å². The van der Waals surface area contributed by atoms with Gasteiger partial charge in [-0.2, -0.15) is 0 Å². The molecule has 0 saturated heterocycles. The van der Waals surface area contributed by atoms with E-state index < -0.39 is 11.9 Å². The molecule has 0 aliphatic carbocycles. The molecule has 148 valence electrons. The van der Waals surface area contributed by atoms with Gasteiger partial charge in [0, 0.05) is 18.8 Å². The molecule has 0 bridgehead atoms. The summed E-state index contributed by atoms with van der Waals surface area (Å²) in [5.74, 6) is -1.15. The molecule has 3 rings (SSSR count). The third kappa shape index (κ3) is 5.02. The number of nitrogens with zero attached hydrogens (tertiary/aromatic N) is 1. The van der Waals surface area contributed by atoms with Crippen LogP contribution in [0.25, 0.3) is 0 Å². The second-order valence-corrected chi connectivity index (χ2v) is 6.54. The molecule has 0 atom stereocenters. The highest BCUT2D eigenvalue weighted by Crippen LogP contribution is 2.25. The predicted molar refractivity (Wildman–Crippen MR) is 112 cm³/mol. The monoisotopic (exact) mass is 389 g/mol. The van der Waals surface area contributed by atoms with Crippen molar-refractivity contribution in [2.45, 2.75) is 13.1 Å². The Bertz CT molecular complexity index is 929. The van der Waals surface area contributed by atoms with Crippen LogP contribution in [0.3, 0.4) is 0 Å². The van der Waals surface area contributed by atoms with Crippen LogP contribution in [0, 0.1) is 0 Å². The van der Waals surface area contributed by atoms with Crippen LogP contribution in [0.2, 0.25) is 0 Å². The molecule has 0 unspecified atom stereocenters. The Labute approximate surface area is 170 Å². The summed E-state index contributed by atoms with van der Waals surface area (Å²) in [6, 6.07) is 25.3. The third-order valence-electron chi connectivity index (χ3n) is 4.61. The molecule has 0 amide bonds. The normalized spacial score (nSPS) is 10.3. The molecular weight excluding hydrogens is 366 g/mol. The molecule has 29 heavy (non-hydrogen) atoms. The SMILES string of the molecule is COC(=O)c1ccc(N(Cc2ccccc2)Cc2ccccc2)cc1C(=O)OC. The van der Waals surface area contributed by atoms with E-state index in [-0.39, 0.29) is 11.1 Å². The molecule has 5 heteroatoms.